The van der Waals surface area contributed by atoms with Crippen LogP contribution in [-0.4, -0.2) is 9.52 Å². The molecule has 2 aromatic rings. The van der Waals surface area contributed by atoms with Gasteiger partial charge in [0.25, 0.3) is 0 Å². The first-order valence-corrected chi connectivity index (χ1v) is 9.69. The minimum absolute atomic E-state index is 0. The molecule has 2 aromatic carbocycles. The SMILES string of the molecule is CC[SiH]CC.Cc1cc[c-](C)c1C.Cc1cc[c-](C)c1C.[F-].[F-].[Zr+4]. The second-order valence-electron chi connectivity index (χ2n) is 5.75. The smallest absolute Gasteiger partial charge is 1.00 e. The Hall–Kier alpha value is -0.340. The minimum Gasteiger partial charge on any atom is -1.00 e. The van der Waals surface area contributed by atoms with Crippen molar-refractivity contribution in [3.63, 3.8) is 0 Å². The summed E-state index contributed by atoms with van der Waals surface area (Å²) in [4.78, 5) is 0. The Labute approximate surface area is 169 Å². The molecular formula is C20H33F2SiZr. The molecule has 0 amide bonds. The Morgan fingerprint density at radius 1 is 0.750 bits per heavy atom. The first-order valence-electron chi connectivity index (χ1n) is 8.05. The van der Waals surface area contributed by atoms with Gasteiger partial charge in [-0.2, -0.15) is 45.5 Å². The van der Waals surface area contributed by atoms with E-state index in [2.05, 4.69) is 79.7 Å². The summed E-state index contributed by atoms with van der Waals surface area (Å²) in [6, 6.07) is 11.5. The normalized spacial score (nSPS) is 8.33. The van der Waals surface area contributed by atoms with Gasteiger partial charge in [0.15, 0.2) is 0 Å². The molecule has 0 aromatic heterocycles. The third-order valence-corrected chi connectivity index (χ3v) is 5.26. The van der Waals surface area contributed by atoms with Crippen molar-refractivity contribution in [1.29, 1.82) is 0 Å². The van der Waals surface area contributed by atoms with Crippen molar-refractivity contribution in [2.45, 2.75) is 67.5 Å². The third-order valence-electron chi connectivity index (χ3n) is 4.11. The van der Waals surface area contributed by atoms with Gasteiger partial charge in [0, 0.05) is 9.52 Å². The van der Waals surface area contributed by atoms with Gasteiger partial charge in [0.2, 0.25) is 0 Å². The summed E-state index contributed by atoms with van der Waals surface area (Å²) >= 11 is 0. The molecule has 1 radical (unpaired) electrons. The quantitative estimate of drug-likeness (QED) is 0.464. The second-order valence-corrected chi connectivity index (χ2v) is 7.96. The minimum atomic E-state index is 0. The molecule has 0 saturated heterocycles. The zero-order valence-corrected chi connectivity index (χ0v) is 20.2. The van der Waals surface area contributed by atoms with E-state index in [0.29, 0.717) is 0 Å². The summed E-state index contributed by atoms with van der Waals surface area (Å²) in [5, 5.41) is 0. The fourth-order valence-corrected chi connectivity index (χ4v) is 2.49. The summed E-state index contributed by atoms with van der Waals surface area (Å²) in [6.45, 7) is 17.4. The number of hydrogen-bond acceptors (Lipinski definition) is 0. The van der Waals surface area contributed by atoms with Crippen LogP contribution < -0.4 is 9.41 Å². The second kappa shape index (κ2) is 17.5. The summed E-state index contributed by atoms with van der Waals surface area (Å²) in [5.41, 5.74) is 8.49. The van der Waals surface area contributed by atoms with Crippen molar-refractivity contribution < 1.29 is 35.6 Å². The molecule has 0 nitrogen and oxygen atoms in total. The topological polar surface area (TPSA) is 0 Å². The molecule has 0 aliphatic rings. The standard InChI is InChI=1S/2C8H11.C4H11Si.2FH.Zr/c2*1-6-4-5-7(2)8(6)3;1-3-5-4-2;;;/h2*4-5H,1-3H3;5H,3-4H2,1-2H3;2*1H;/q2*-1;;;;+4/p-2. The van der Waals surface area contributed by atoms with Gasteiger partial charge < -0.3 is 9.41 Å². The van der Waals surface area contributed by atoms with E-state index in [9.17, 15) is 0 Å². The Morgan fingerprint density at radius 3 is 1.08 bits per heavy atom. The van der Waals surface area contributed by atoms with Crippen molar-refractivity contribution >= 4 is 9.52 Å². The summed E-state index contributed by atoms with van der Waals surface area (Å²) in [7, 11) is 0.815. The zero-order chi connectivity index (χ0) is 16.4. The van der Waals surface area contributed by atoms with E-state index in [4.69, 9.17) is 0 Å². The average Bonchev–Trinajstić information content (AvgIpc) is 2.92. The zero-order valence-electron chi connectivity index (χ0n) is 16.6. The number of halogens is 2. The van der Waals surface area contributed by atoms with Gasteiger partial charge in [0.1, 0.15) is 0 Å². The van der Waals surface area contributed by atoms with Crippen molar-refractivity contribution in [1.82, 2.24) is 0 Å². The van der Waals surface area contributed by atoms with Gasteiger partial charge in [-0.15, -0.1) is 0 Å². The van der Waals surface area contributed by atoms with Crippen LogP contribution in [0.15, 0.2) is 24.3 Å². The van der Waals surface area contributed by atoms with Gasteiger partial charge in [-0.25, -0.2) is 12.1 Å². The molecule has 0 heterocycles. The van der Waals surface area contributed by atoms with E-state index in [1.807, 2.05) is 0 Å². The third kappa shape index (κ3) is 12.1. The number of aryl methyl sites for hydroxylation is 4. The fraction of sp³-hybridized carbons (Fsp3) is 0.500. The van der Waals surface area contributed by atoms with Crippen molar-refractivity contribution in [3.8, 4) is 0 Å². The molecule has 24 heavy (non-hydrogen) atoms. The average molecular weight is 431 g/mol. The Morgan fingerprint density at radius 2 is 1.04 bits per heavy atom. The van der Waals surface area contributed by atoms with Gasteiger partial charge in [-0.3, -0.25) is 0 Å². The maximum atomic E-state index is 2.25. The molecule has 2 rings (SSSR count). The Balaban J connectivity index is -0.000000121. The number of rotatable bonds is 2. The molecule has 0 spiro atoms. The van der Waals surface area contributed by atoms with Crippen LogP contribution >= 0.6 is 0 Å². The monoisotopic (exact) mass is 429 g/mol. The van der Waals surface area contributed by atoms with Gasteiger partial charge in [-0.1, -0.05) is 67.5 Å². The van der Waals surface area contributed by atoms with Crippen LogP contribution in [0.3, 0.4) is 0 Å². The van der Waals surface area contributed by atoms with E-state index in [0.717, 1.165) is 9.52 Å². The largest absolute Gasteiger partial charge is 4.00 e. The molecule has 0 aliphatic heterocycles. The van der Waals surface area contributed by atoms with Crippen LogP contribution in [0.5, 0.6) is 0 Å². The van der Waals surface area contributed by atoms with E-state index in [1.54, 1.807) is 0 Å². The van der Waals surface area contributed by atoms with Crippen LogP contribution in [0.2, 0.25) is 12.1 Å². The first-order chi connectivity index (χ1) is 9.84. The van der Waals surface area contributed by atoms with E-state index in [1.165, 1.54) is 45.5 Å². The molecule has 4 heteroatoms. The molecule has 0 saturated carbocycles. The van der Waals surface area contributed by atoms with Crippen LogP contribution in [-0.2, 0) is 26.2 Å². The summed E-state index contributed by atoms with van der Waals surface area (Å²) in [5.74, 6) is 0. The van der Waals surface area contributed by atoms with Crippen LogP contribution in [0, 0.1) is 41.5 Å². The maximum absolute atomic E-state index is 2.25. The predicted molar refractivity (Wildman–Crippen MR) is 101 cm³/mol. The van der Waals surface area contributed by atoms with Gasteiger partial charge in [0.05, 0.1) is 0 Å². The summed E-state index contributed by atoms with van der Waals surface area (Å²) < 4.78 is 0. The van der Waals surface area contributed by atoms with E-state index in [-0.39, 0.29) is 35.6 Å². The maximum Gasteiger partial charge on any atom is 4.00 e. The van der Waals surface area contributed by atoms with Crippen molar-refractivity contribution in [3.05, 3.63) is 57.6 Å². The molecule has 135 valence electrons. The van der Waals surface area contributed by atoms with Gasteiger partial charge >= 0.3 is 26.2 Å². The van der Waals surface area contributed by atoms with E-state index >= 15 is 0 Å². The Bertz CT molecular complexity index is 430. The molecule has 0 fully saturated rings. The molecule has 0 bridgehead atoms. The summed E-state index contributed by atoms with van der Waals surface area (Å²) in [6.07, 6.45) is 0. The van der Waals surface area contributed by atoms with Crippen molar-refractivity contribution in [2.24, 2.45) is 0 Å². The molecule has 0 atom stereocenters. The first kappa shape index (κ1) is 31.4. The van der Waals surface area contributed by atoms with Crippen LogP contribution in [0.1, 0.15) is 47.2 Å². The van der Waals surface area contributed by atoms with Crippen molar-refractivity contribution in [2.75, 3.05) is 0 Å². The molecule has 0 aliphatic carbocycles. The van der Waals surface area contributed by atoms with Gasteiger partial charge in [-0.05, 0) is 0 Å². The molecule has 0 unspecified atom stereocenters. The predicted octanol–water partition coefficient (Wildman–Crippen LogP) is -0.0337. The van der Waals surface area contributed by atoms with Crippen LogP contribution in [0.25, 0.3) is 0 Å². The van der Waals surface area contributed by atoms with E-state index < -0.39 is 0 Å². The molecular weight excluding hydrogens is 398 g/mol. The van der Waals surface area contributed by atoms with Crippen LogP contribution in [0.4, 0.5) is 0 Å². The molecule has 0 N–H and O–H groups in total. The fourth-order valence-electron chi connectivity index (χ4n) is 1.91. The number of hydrogen-bond donors (Lipinski definition) is 0. The Kier molecular flexibility index (Phi) is 22.9.